The van der Waals surface area contributed by atoms with Crippen molar-refractivity contribution < 1.29 is 4.79 Å². The second kappa shape index (κ2) is 4.07. The number of hydrogen-bond acceptors (Lipinski definition) is 2. The molecule has 2 unspecified atom stereocenters. The zero-order valence-corrected chi connectivity index (χ0v) is 11.1. The number of rotatable bonds is 3. The molecule has 1 amide bonds. The fraction of sp³-hybridized carbons (Fsp3) is 0.562. The first kappa shape index (κ1) is 11.5. The van der Waals surface area contributed by atoms with Gasteiger partial charge in [-0.05, 0) is 42.7 Å². The number of nitrogens with two attached hydrogens (primary N) is 1. The molecule has 0 bridgehead atoms. The van der Waals surface area contributed by atoms with Gasteiger partial charge in [0, 0.05) is 18.5 Å². The molecule has 1 saturated heterocycles. The molecule has 3 heteroatoms. The summed E-state index contributed by atoms with van der Waals surface area (Å²) in [4.78, 5) is 14.2. The highest BCUT2D eigenvalue weighted by atomic mass is 16.2. The van der Waals surface area contributed by atoms with Crippen molar-refractivity contribution in [3.05, 3.63) is 35.4 Å². The Labute approximate surface area is 113 Å². The monoisotopic (exact) mass is 256 g/mol. The second-order valence-electron chi connectivity index (χ2n) is 6.29. The van der Waals surface area contributed by atoms with Crippen LogP contribution in [0, 0.1) is 0 Å². The standard InChI is InChI=1S/C16H20N2O/c17-14-9-15(19)18(13-6-7-13)16(14)12-3-1-2-11(8-12)10-4-5-10/h1-3,8,10,13-14,16H,4-7,9,17H2. The van der Waals surface area contributed by atoms with Crippen LogP contribution in [0.2, 0.25) is 0 Å². The van der Waals surface area contributed by atoms with Crippen molar-refractivity contribution in [2.75, 3.05) is 0 Å². The molecule has 19 heavy (non-hydrogen) atoms. The molecule has 3 fully saturated rings. The van der Waals surface area contributed by atoms with E-state index in [0.29, 0.717) is 12.5 Å². The van der Waals surface area contributed by atoms with Gasteiger partial charge in [-0.15, -0.1) is 0 Å². The maximum atomic E-state index is 12.1. The van der Waals surface area contributed by atoms with Crippen molar-refractivity contribution in [1.29, 1.82) is 0 Å². The van der Waals surface area contributed by atoms with E-state index in [4.69, 9.17) is 5.73 Å². The van der Waals surface area contributed by atoms with Gasteiger partial charge in [0.1, 0.15) is 0 Å². The summed E-state index contributed by atoms with van der Waals surface area (Å²) < 4.78 is 0. The predicted octanol–water partition coefficient (Wildman–Crippen LogP) is 2.33. The number of benzene rings is 1. The number of likely N-dealkylation sites (tertiary alicyclic amines) is 1. The third-order valence-corrected chi connectivity index (χ3v) is 4.64. The van der Waals surface area contributed by atoms with Gasteiger partial charge in [-0.1, -0.05) is 24.3 Å². The molecule has 100 valence electrons. The van der Waals surface area contributed by atoms with Crippen LogP contribution < -0.4 is 5.73 Å². The molecule has 2 aliphatic carbocycles. The first-order valence-corrected chi connectivity index (χ1v) is 7.40. The molecule has 1 aromatic carbocycles. The van der Waals surface area contributed by atoms with Gasteiger partial charge in [0.05, 0.1) is 6.04 Å². The lowest BCUT2D eigenvalue weighted by molar-refractivity contribution is -0.129. The Morgan fingerprint density at radius 1 is 1.11 bits per heavy atom. The first-order chi connectivity index (χ1) is 9.24. The van der Waals surface area contributed by atoms with E-state index in [9.17, 15) is 4.79 Å². The molecule has 2 saturated carbocycles. The largest absolute Gasteiger partial charge is 0.331 e. The highest BCUT2D eigenvalue weighted by Crippen LogP contribution is 2.44. The van der Waals surface area contributed by atoms with Crippen LogP contribution in [0.1, 0.15) is 55.2 Å². The number of hydrogen-bond donors (Lipinski definition) is 1. The minimum absolute atomic E-state index is 0.0393. The number of amides is 1. The lowest BCUT2D eigenvalue weighted by Gasteiger charge is -2.27. The maximum Gasteiger partial charge on any atom is 0.225 e. The Balaban J connectivity index is 1.68. The third kappa shape index (κ3) is 1.96. The maximum absolute atomic E-state index is 12.1. The molecule has 2 N–H and O–H groups in total. The van der Waals surface area contributed by atoms with Crippen LogP contribution in [0.5, 0.6) is 0 Å². The van der Waals surface area contributed by atoms with Crippen LogP contribution in [0.3, 0.4) is 0 Å². The van der Waals surface area contributed by atoms with E-state index >= 15 is 0 Å². The van der Waals surface area contributed by atoms with Crippen molar-refractivity contribution >= 4 is 5.91 Å². The summed E-state index contributed by atoms with van der Waals surface area (Å²) in [5, 5.41) is 0. The Morgan fingerprint density at radius 2 is 1.84 bits per heavy atom. The molecule has 2 atom stereocenters. The number of carbonyl (C=O) groups excluding carboxylic acids is 1. The second-order valence-corrected chi connectivity index (χ2v) is 6.29. The van der Waals surface area contributed by atoms with E-state index in [1.54, 1.807) is 0 Å². The highest BCUT2D eigenvalue weighted by molar-refractivity contribution is 5.81. The molecule has 0 spiro atoms. The number of nitrogens with zero attached hydrogens (tertiary/aromatic N) is 1. The van der Waals surface area contributed by atoms with Crippen LogP contribution in [0.25, 0.3) is 0 Å². The van der Waals surface area contributed by atoms with Gasteiger partial charge in [-0.25, -0.2) is 0 Å². The van der Waals surface area contributed by atoms with Crippen LogP contribution in [-0.2, 0) is 4.79 Å². The van der Waals surface area contributed by atoms with E-state index in [2.05, 4.69) is 29.2 Å². The van der Waals surface area contributed by atoms with E-state index in [0.717, 1.165) is 18.8 Å². The van der Waals surface area contributed by atoms with Crippen molar-refractivity contribution in [2.45, 2.75) is 56.1 Å². The normalized spacial score (nSPS) is 31.0. The topological polar surface area (TPSA) is 46.3 Å². The van der Waals surface area contributed by atoms with Crippen molar-refractivity contribution in [3.63, 3.8) is 0 Å². The molecule has 0 aromatic heterocycles. The van der Waals surface area contributed by atoms with Gasteiger partial charge in [-0.3, -0.25) is 4.79 Å². The lowest BCUT2D eigenvalue weighted by atomic mass is 9.97. The van der Waals surface area contributed by atoms with Crippen molar-refractivity contribution in [2.24, 2.45) is 5.73 Å². The van der Waals surface area contributed by atoms with Crippen LogP contribution >= 0.6 is 0 Å². The SMILES string of the molecule is NC1CC(=O)N(C2CC2)C1c1cccc(C2CC2)c1. The summed E-state index contributed by atoms with van der Waals surface area (Å²) in [7, 11) is 0. The van der Waals surface area contributed by atoms with Gasteiger partial charge >= 0.3 is 0 Å². The van der Waals surface area contributed by atoms with Crippen molar-refractivity contribution in [3.8, 4) is 0 Å². The Bertz CT molecular complexity index is 519. The highest BCUT2D eigenvalue weighted by Gasteiger charge is 2.46. The van der Waals surface area contributed by atoms with Gasteiger partial charge < -0.3 is 10.6 Å². The quantitative estimate of drug-likeness (QED) is 0.902. The van der Waals surface area contributed by atoms with Gasteiger partial charge in [-0.2, -0.15) is 0 Å². The summed E-state index contributed by atoms with van der Waals surface area (Å²) in [6.45, 7) is 0. The Morgan fingerprint density at radius 3 is 2.53 bits per heavy atom. The van der Waals surface area contributed by atoms with Crippen LogP contribution in [-0.4, -0.2) is 22.9 Å². The third-order valence-electron chi connectivity index (χ3n) is 4.64. The van der Waals surface area contributed by atoms with Gasteiger partial charge in [0.15, 0.2) is 0 Å². The van der Waals surface area contributed by atoms with Gasteiger partial charge in [0.25, 0.3) is 0 Å². The smallest absolute Gasteiger partial charge is 0.225 e. The molecule has 1 aliphatic heterocycles. The van der Waals surface area contributed by atoms with Crippen LogP contribution in [0.15, 0.2) is 24.3 Å². The molecule has 3 nitrogen and oxygen atoms in total. The van der Waals surface area contributed by atoms with E-state index in [1.807, 2.05) is 0 Å². The Kier molecular flexibility index (Phi) is 2.46. The van der Waals surface area contributed by atoms with Crippen LogP contribution in [0.4, 0.5) is 0 Å². The zero-order valence-electron chi connectivity index (χ0n) is 11.1. The summed E-state index contributed by atoms with van der Waals surface area (Å²) in [6, 6.07) is 9.30. The minimum atomic E-state index is -0.0393. The van der Waals surface area contributed by atoms with E-state index < -0.39 is 0 Å². The average molecular weight is 256 g/mol. The summed E-state index contributed by atoms with van der Waals surface area (Å²) in [5.41, 5.74) is 8.91. The number of carbonyl (C=O) groups is 1. The fourth-order valence-electron chi connectivity index (χ4n) is 3.38. The first-order valence-electron chi connectivity index (χ1n) is 7.40. The van der Waals surface area contributed by atoms with Crippen molar-refractivity contribution in [1.82, 2.24) is 4.90 Å². The Hall–Kier alpha value is -1.35. The van der Waals surface area contributed by atoms with E-state index in [1.165, 1.54) is 24.0 Å². The molecule has 1 aromatic rings. The van der Waals surface area contributed by atoms with Gasteiger partial charge in [0.2, 0.25) is 5.91 Å². The molecule has 3 aliphatic rings. The molecular weight excluding hydrogens is 236 g/mol. The average Bonchev–Trinajstić information content (AvgIpc) is 3.27. The fourth-order valence-corrected chi connectivity index (χ4v) is 3.38. The predicted molar refractivity (Wildman–Crippen MR) is 73.6 cm³/mol. The molecule has 0 radical (unpaired) electrons. The summed E-state index contributed by atoms with van der Waals surface area (Å²) in [6.07, 6.45) is 5.43. The molecular formula is C16H20N2O. The summed E-state index contributed by atoms with van der Waals surface area (Å²) >= 11 is 0. The summed E-state index contributed by atoms with van der Waals surface area (Å²) in [5.74, 6) is 1.000. The van der Waals surface area contributed by atoms with E-state index in [-0.39, 0.29) is 18.0 Å². The molecule has 4 rings (SSSR count). The minimum Gasteiger partial charge on any atom is -0.331 e. The molecule has 1 heterocycles. The lowest BCUT2D eigenvalue weighted by Crippen LogP contribution is -2.34. The zero-order chi connectivity index (χ0) is 13.0.